The Morgan fingerprint density at radius 1 is 1.08 bits per heavy atom. The number of ether oxygens (including phenoxy) is 1. The van der Waals surface area contributed by atoms with Gasteiger partial charge in [0.15, 0.2) is 0 Å². The number of furan rings is 1. The average molecular weight is 531 g/mol. The highest BCUT2D eigenvalue weighted by Crippen LogP contribution is 2.29. The summed E-state index contributed by atoms with van der Waals surface area (Å²) in [6.07, 6.45) is 5.26. The second-order valence-electron chi connectivity index (χ2n) is 11.1. The lowest BCUT2D eigenvalue weighted by Crippen LogP contribution is -2.50. The Kier molecular flexibility index (Phi) is 7.59. The maximum atomic E-state index is 13.1. The zero-order chi connectivity index (χ0) is 26.8. The van der Waals surface area contributed by atoms with Gasteiger partial charge in [-0.3, -0.25) is 9.69 Å². The number of para-hydroxylation sites is 1. The fraction of sp³-hybridized carbons (Fsp3) is 0.452. The van der Waals surface area contributed by atoms with E-state index in [4.69, 9.17) is 9.15 Å². The molecule has 39 heavy (non-hydrogen) atoms. The van der Waals surface area contributed by atoms with E-state index in [0.717, 1.165) is 91.6 Å². The van der Waals surface area contributed by atoms with Gasteiger partial charge in [0.05, 0.1) is 12.4 Å². The van der Waals surface area contributed by atoms with Gasteiger partial charge in [-0.1, -0.05) is 24.3 Å². The smallest absolute Gasteiger partial charge is 0.267 e. The SMILES string of the molecule is CC(CN1CCC(NC(=O)c2cc3c(OCc4coc5ccccc45)cccc3[nH]2)CC1)N1CCC(O)CC1. The van der Waals surface area contributed by atoms with Crippen molar-refractivity contribution in [1.82, 2.24) is 20.1 Å². The highest BCUT2D eigenvalue weighted by Gasteiger charge is 2.26. The van der Waals surface area contributed by atoms with Gasteiger partial charge in [0.1, 0.15) is 23.6 Å². The van der Waals surface area contributed by atoms with Crippen LogP contribution in [0.1, 0.15) is 48.7 Å². The van der Waals surface area contributed by atoms with Gasteiger partial charge in [-0.25, -0.2) is 0 Å². The maximum absolute atomic E-state index is 13.1. The number of aliphatic hydroxyl groups is 1. The number of hydrogen-bond donors (Lipinski definition) is 3. The highest BCUT2D eigenvalue weighted by atomic mass is 16.5. The number of fused-ring (bicyclic) bond motifs is 2. The lowest BCUT2D eigenvalue weighted by molar-refractivity contribution is 0.0497. The molecule has 206 valence electrons. The first-order chi connectivity index (χ1) is 19.0. The molecule has 1 atom stereocenters. The number of likely N-dealkylation sites (tertiary alicyclic amines) is 2. The quantitative estimate of drug-likeness (QED) is 0.310. The molecule has 4 heterocycles. The number of H-pyrrole nitrogens is 1. The van der Waals surface area contributed by atoms with Gasteiger partial charge >= 0.3 is 0 Å². The van der Waals surface area contributed by atoms with Crippen molar-refractivity contribution in [3.05, 3.63) is 66.1 Å². The van der Waals surface area contributed by atoms with E-state index in [1.807, 2.05) is 48.5 Å². The minimum Gasteiger partial charge on any atom is -0.488 e. The fourth-order valence-electron chi connectivity index (χ4n) is 6.01. The molecule has 0 radical (unpaired) electrons. The van der Waals surface area contributed by atoms with Crippen LogP contribution in [0.5, 0.6) is 5.75 Å². The minimum atomic E-state index is -0.132. The van der Waals surface area contributed by atoms with Gasteiger partial charge in [-0.2, -0.15) is 0 Å². The van der Waals surface area contributed by atoms with Gasteiger partial charge in [0, 0.05) is 66.7 Å². The Labute approximate surface area is 228 Å². The Hall–Kier alpha value is -3.33. The number of nitrogens with one attached hydrogen (secondary N) is 2. The van der Waals surface area contributed by atoms with Crippen molar-refractivity contribution < 1.29 is 19.1 Å². The van der Waals surface area contributed by atoms with Crippen LogP contribution in [0.4, 0.5) is 0 Å². The maximum Gasteiger partial charge on any atom is 0.267 e. The minimum absolute atomic E-state index is 0.0725. The number of carbonyl (C=O) groups excluding carboxylic acids is 1. The van der Waals surface area contributed by atoms with Crippen molar-refractivity contribution in [2.75, 3.05) is 32.7 Å². The summed E-state index contributed by atoms with van der Waals surface area (Å²) in [6, 6.07) is 16.3. The predicted octanol–water partition coefficient (Wildman–Crippen LogP) is 4.53. The molecule has 2 aliphatic rings. The molecule has 0 saturated carbocycles. The molecule has 4 aromatic rings. The number of aromatic nitrogens is 1. The molecule has 3 N–H and O–H groups in total. The largest absolute Gasteiger partial charge is 0.488 e. The van der Waals surface area contributed by atoms with Gasteiger partial charge in [0.25, 0.3) is 5.91 Å². The fourth-order valence-corrected chi connectivity index (χ4v) is 6.01. The average Bonchev–Trinajstić information content (AvgIpc) is 3.58. The molecular formula is C31H38N4O4. The van der Waals surface area contributed by atoms with Crippen LogP contribution in [-0.2, 0) is 6.61 Å². The van der Waals surface area contributed by atoms with Crippen LogP contribution in [-0.4, -0.2) is 76.7 Å². The molecule has 2 aliphatic heterocycles. The van der Waals surface area contributed by atoms with Crippen molar-refractivity contribution in [2.45, 2.75) is 57.4 Å². The highest BCUT2D eigenvalue weighted by molar-refractivity contribution is 5.99. The monoisotopic (exact) mass is 530 g/mol. The number of amides is 1. The van der Waals surface area contributed by atoms with Crippen molar-refractivity contribution in [3.63, 3.8) is 0 Å². The number of nitrogens with zero attached hydrogens (tertiary/aromatic N) is 2. The van der Waals surface area contributed by atoms with Crippen molar-refractivity contribution in [1.29, 1.82) is 0 Å². The molecule has 2 aromatic heterocycles. The van der Waals surface area contributed by atoms with Crippen LogP contribution in [0.15, 0.2) is 59.2 Å². The number of rotatable bonds is 8. The molecule has 8 heteroatoms. The molecule has 0 spiro atoms. The Morgan fingerprint density at radius 2 is 1.87 bits per heavy atom. The van der Waals surface area contributed by atoms with E-state index in [9.17, 15) is 9.90 Å². The van der Waals surface area contributed by atoms with Crippen molar-refractivity contribution in [3.8, 4) is 5.75 Å². The number of aromatic amines is 1. The summed E-state index contributed by atoms with van der Waals surface area (Å²) in [5.41, 5.74) is 3.27. The number of carbonyl (C=O) groups is 1. The number of benzene rings is 2. The zero-order valence-electron chi connectivity index (χ0n) is 22.6. The van der Waals surface area contributed by atoms with Crippen LogP contribution in [0.2, 0.25) is 0 Å². The second kappa shape index (κ2) is 11.4. The first kappa shape index (κ1) is 25.9. The molecule has 2 saturated heterocycles. The van der Waals surface area contributed by atoms with Gasteiger partial charge in [-0.05, 0) is 56.9 Å². The molecule has 0 bridgehead atoms. The predicted molar refractivity (Wildman–Crippen MR) is 152 cm³/mol. The van der Waals surface area contributed by atoms with E-state index in [1.165, 1.54) is 0 Å². The van der Waals surface area contributed by atoms with Crippen LogP contribution >= 0.6 is 0 Å². The van der Waals surface area contributed by atoms with E-state index >= 15 is 0 Å². The number of aliphatic hydroxyl groups excluding tert-OH is 1. The number of hydrogen-bond acceptors (Lipinski definition) is 6. The molecule has 1 amide bonds. The molecule has 0 aliphatic carbocycles. The zero-order valence-corrected chi connectivity index (χ0v) is 22.6. The molecular weight excluding hydrogens is 492 g/mol. The lowest BCUT2D eigenvalue weighted by Gasteiger charge is -2.39. The van der Waals surface area contributed by atoms with E-state index in [0.29, 0.717) is 18.3 Å². The van der Waals surface area contributed by atoms with Gasteiger partial charge < -0.3 is 29.5 Å². The Bertz CT molecular complexity index is 1410. The summed E-state index contributed by atoms with van der Waals surface area (Å²) >= 11 is 0. The summed E-state index contributed by atoms with van der Waals surface area (Å²) in [6.45, 7) is 7.64. The molecule has 2 fully saturated rings. The Morgan fingerprint density at radius 3 is 2.69 bits per heavy atom. The standard InChI is InChI=1S/C31H38N4O4/c1-21(35-15-11-24(36)12-16-35)18-34-13-9-23(10-14-34)32-31(37)28-17-26-27(33-28)6-4-8-30(26)39-20-22-19-38-29-7-3-2-5-25(22)29/h2-8,17,19,21,23-24,33,36H,9-16,18,20H2,1H3,(H,32,37). The molecule has 8 nitrogen and oxygen atoms in total. The van der Waals surface area contributed by atoms with Crippen molar-refractivity contribution >= 4 is 27.8 Å². The molecule has 1 unspecified atom stereocenters. The topological polar surface area (TPSA) is 94.0 Å². The van der Waals surface area contributed by atoms with Gasteiger partial charge in [-0.15, -0.1) is 0 Å². The van der Waals surface area contributed by atoms with Crippen LogP contribution in [0.3, 0.4) is 0 Å². The van der Waals surface area contributed by atoms with Gasteiger partial charge in [0.2, 0.25) is 0 Å². The third kappa shape index (κ3) is 5.83. The van der Waals surface area contributed by atoms with E-state index in [-0.39, 0.29) is 18.1 Å². The third-order valence-corrected chi connectivity index (χ3v) is 8.38. The lowest BCUT2D eigenvalue weighted by atomic mass is 10.0. The van der Waals surface area contributed by atoms with Crippen LogP contribution in [0.25, 0.3) is 21.9 Å². The van der Waals surface area contributed by atoms with Crippen LogP contribution < -0.4 is 10.1 Å². The van der Waals surface area contributed by atoms with Crippen LogP contribution in [0, 0.1) is 0 Å². The van der Waals surface area contributed by atoms with E-state index < -0.39 is 0 Å². The molecule has 6 rings (SSSR count). The first-order valence-electron chi connectivity index (χ1n) is 14.2. The normalized spacial score (nSPS) is 19.0. The third-order valence-electron chi connectivity index (χ3n) is 8.38. The van der Waals surface area contributed by atoms with E-state index in [2.05, 4.69) is 27.0 Å². The summed E-state index contributed by atoms with van der Waals surface area (Å²) in [5.74, 6) is 0.662. The summed E-state index contributed by atoms with van der Waals surface area (Å²) in [7, 11) is 0. The first-order valence-corrected chi connectivity index (χ1v) is 14.2. The second-order valence-corrected chi connectivity index (χ2v) is 11.1. The molecule has 2 aromatic carbocycles. The Balaban J connectivity index is 1.03. The van der Waals surface area contributed by atoms with Crippen molar-refractivity contribution in [2.24, 2.45) is 0 Å². The summed E-state index contributed by atoms with van der Waals surface area (Å²) < 4.78 is 11.8. The van der Waals surface area contributed by atoms with E-state index in [1.54, 1.807) is 6.26 Å². The number of piperidine rings is 2. The summed E-state index contributed by atoms with van der Waals surface area (Å²) in [5, 5.41) is 15.0. The summed E-state index contributed by atoms with van der Waals surface area (Å²) in [4.78, 5) is 21.4.